The lowest BCUT2D eigenvalue weighted by Gasteiger charge is -2.04. The van der Waals surface area contributed by atoms with Crippen LogP contribution in [0.15, 0.2) is 28.3 Å². The molecule has 0 radical (unpaired) electrons. The number of rotatable bonds is 2. The van der Waals surface area contributed by atoms with Crippen molar-refractivity contribution >= 4 is 27.3 Å². The number of imidazole rings is 1. The monoisotopic (exact) mass is 257 g/mol. The Labute approximate surface area is 88.1 Å². The van der Waals surface area contributed by atoms with Gasteiger partial charge in [0, 0.05) is 4.88 Å². The van der Waals surface area contributed by atoms with E-state index in [1.165, 1.54) is 0 Å². The molecule has 3 N–H and O–H groups in total. The maximum atomic E-state index is 5.97. The lowest BCUT2D eigenvalue weighted by molar-refractivity contribution is 0.815. The molecule has 0 saturated carbocycles. The molecule has 2 aromatic rings. The number of hydrogen-bond acceptors (Lipinski definition) is 3. The Morgan fingerprint density at radius 3 is 3.00 bits per heavy atom. The fourth-order valence-electron chi connectivity index (χ4n) is 1.07. The first-order valence-corrected chi connectivity index (χ1v) is 5.44. The van der Waals surface area contributed by atoms with Gasteiger partial charge in [-0.2, -0.15) is 0 Å². The van der Waals surface area contributed by atoms with Gasteiger partial charge in [0.15, 0.2) is 0 Å². The number of aromatic nitrogens is 2. The maximum Gasteiger partial charge on any atom is 0.129 e. The minimum absolute atomic E-state index is 0.147. The quantitative estimate of drug-likeness (QED) is 0.868. The summed E-state index contributed by atoms with van der Waals surface area (Å²) in [6, 6.07) is 3.84. The van der Waals surface area contributed by atoms with Gasteiger partial charge in [-0.15, -0.1) is 11.3 Å². The normalized spacial score (nSPS) is 13.1. The van der Waals surface area contributed by atoms with E-state index >= 15 is 0 Å². The first-order chi connectivity index (χ1) is 6.27. The van der Waals surface area contributed by atoms with Crippen molar-refractivity contribution in [3.63, 3.8) is 0 Å². The molecule has 0 aliphatic carbocycles. The molecular formula is C8H8BrN3S. The van der Waals surface area contributed by atoms with Gasteiger partial charge in [0.2, 0.25) is 0 Å². The van der Waals surface area contributed by atoms with Crippen LogP contribution in [0.3, 0.4) is 0 Å². The van der Waals surface area contributed by atoms with E-state index in [0.717, 1.165) is 15.3 Å². The van der Waals surface area contributed by atoms with E-state index in [2.05, 4.69) is 25.9 Å². The molecule has 1 unspecified atom stereocenters. The SMILES string of the molecule is NC(c1ncc(Br)[nH]1)c1cccs1. The average molecular weight is 258 g/mol. The van der Waals surface area contributed by atoms with Crippen molar-refractivity contribution in [3.05, 3.63) is 39.0 Å². The predicted molar refractivity (Wildman–Crippen MR) is 56.6 cm³/mol. The Morgan fingerprint density at radius 1 is 1.62 bits per heavy atom. The Morgan fingerprint density at radius 2 is 2.46 bits per heavy atom. The topological polar surface area (TPSA) is 54.7 Å². The number of nitrogens with one attached hydrogen (secondary N) is 1. The van der Waals surface area contributed by atoms with Crippen molar-refractivity contribution in [1.29, 1.82) is 0 Å². The van der Waals surface area contributed by atoms with Crippen molar-refractivity contribution in [2.45, 2.75) is 6.04 Å². The molecule has 0 aliphatic rings. The number of nitrogens with two attached hydrogens (primary N) is 1. The lowest BCUT2D eigenvalue weighted by atomic mass is 10.2. The third-order valence-corrected chi connectivity index (χ3v) is 3.07. The number of nitrogens with zero attached hydrogens (tertiary/aromatic N) is 1. The van der Waals surface area contributed by atoms with Gasteiger partial charge in [-0.05, 0) is 27.4 Å². The van der Waals surface area contributed by atoms with Crippen LogP contribution in [0.2, 0.25) is 0 Å². The van der Waals surface area contributed by atoms with Crippen LogP contribution in [-0.2, 0) is 0 Å². The fourth-order valence-corrected chi connectivity index (χ4v) is 2.11. The third kappa shape index (κ3) is 1.82. The molecule has 2 heterocycles. The van der Waals surface area contributed by atoms with E-state index in [4.69, 9.17) is 5.73 Å². The molecule has 0 amide bonds. The Bertz CT molecular complexity index is 382. The number of H-pyrrole nitrogens is 1. The molecule has 0 bridgehead atoms. The van der Waals surface area contributed by atoms with Crippen molar-refractivity contribution < 1.29 is 0 Å². The largest absolute Gasteiger partial charge is 0.335 e. The zero-order valence-electron chi connectivity index (χ0n) is 6.70. The third-order valence-electron chi connectivity index (χ3n) is 1.71. The predicted octanol–water partition coefficient (Wildman–Crippen LogP) is 2.28. The highest BCUT2D eigenvalue weighted by molar-refractivity contribution is 9.10. The zero-order valence-corrected chi connectivity index (χ0v) is 9.10. The van der Waals surface area contributed by atoms with Gasteiger partial charge in [-0.3, -0.25) is 0 Å². The van der Waals surface area contributed by atoms with Crippen LogP contribution in [0.25, 0.3) is 0 Å². The van der Waals surface area contributed by atoms with Crippen LogP contribution in [0.1, 0.15) is 16.7 Å². The molecule has 0 aliphatic heterocycles. The highest BCUT2D eigenvalue weighted by Crippen LogP contribution is 2.22. The lowest BCUT2D eigenvalue weighted by Crippen LogP contribution is -2.11. The second-order valence-electron chi connectivity index (χ2n) is 2.61. The number of halogens is 1. The smallest absolute Gasteiger partial charge is 0.129 e. The van der Waals surface area contributed by atoms with Crippen LogP contribution in [-0.4, -0.2) is 9.97 Å². The Kier molecular flexibility index (Phi) is 2.48. The summed E-state index contributed by atoms with van der Waals surface area (Å²) in [5, 5.41) is 2.01. The number of aromatic amines is 1. The summed E-state index contributed by atoms with van der Waals surface area (Å²) in [5.74, 6) is 0.786. The molecule has 68 valence electrons. The van der Waals surface area contributed by atoms with Gasteiger partial charge >= 0.3 is 0 Å². The number of hydrogen-bond donors (Lipinski definition) is 2. The molecule has 0 saturated heterocycles. The molecule has 3 nitrogen and oxygen atoms in total. The Hall–Kier alpha value is -0.650. The molecule has 13 heavy (non-hydrogen) atoms. The van der Waals surface area contributed by atoms with E-state index in [-0.39, 0.29) is 6.04 Å². The minimum atomic E-state index is -0.147. The fraction of sp³-hybridized carbons (Fsp3) is 0.125. The van der Waals surface area contributed by atoms with E-state index in [9.17, 15) is 0 Å². The molecule has 0 spiro atoms. The molecule has 5 heteroatoms. The summed E-state index contributed by atoms with van der Waals surface area (Å²) in [5.41, 5.74) is 5.97. The van der Waals surface area contributed by atoms with E-state index in [0.29, 0.717) is 0 Å². The molecule has 0 aromatic carbocycles. The summed E-state index contributed by atoms with van der Waals surface area (Å²) in [4.78, 5) is 8.32. The van der Waals surface area contributed by atoms with Crippen LogP contribution < -0.4 is 5.73 Å². The highest BCUT2D eigenvalue weighted by Gasteiger charge is 2.12. The van der Waals surface area contributed by atoms with Crippen LogP contribution in [0, 0.1) is 0 Å². The van der Waals surface area contributed by atoms with Crippen LogP contribution in [0.5, 0.6) is 0 Å². The zero-order chi connectivity index (χ0) is 9.26. The van der Waals surface area contributed by atoms with Crippen LogP contribution >= 0.6 is 27.3 Å². The van der Waals surface area contributed by atoms with Gasteiger partial charge in [-0.25, -0.2) is 4.98 Å². The minimum Gasteiger partial charge on any atom is -0.335 e. The van der Waals surface area contributed by atoms with E-state index in [1.54, 1.807) is 17.5 Å². The van der Waals surface area contributed by atoms with Crippen molar-refractivity contribution in [2.24, 2.45) is 5.73 Å². The number of thiophene rings is 1. The van der Waals surface area contributed by atoms with Crippen LogP contribution in [0.4, 0.5) is 0 Å². The molecule has 2 rings (SSSR count). The summed E-state index contributed by atoms with van der Waals surface area (Å²) < 4.78 is 0.856. The van der Waals surface area contributed by atoms with Crippen molar-refractivity contribution in [1.82, 2.24) is 9.97 Å². The summed E-state index contributed by atoms with van der Waals surface area (Å²) in [6.07, 6.45) is 1.71. The first kappa shape index (κ1) is 8.93. The highest BCUT2D eigenvalue weighted by atomic mass is 79.9. The average Bonchev–Trinajstić information content (AvgIpc) is 2.72. The molecule has 0 fully saturated rings. The second-order valence-corrected chi connectivity index (χ2v) is 4.44. The van der Waals surface area contributed by atoms with Gasteiger partial charge in [0.25, 0.3) is 0 Å². The van der Waals surface area contributed by atoms with Gasteiger partial charge in [-0.1, -0.05) is 6.07 Å². The van der Waals surface area contributed by atoms with Crippen molar-refractivity contribution in [3.8, 4) is 0 Å². The molecule has 2 aromatic heterocycles. The first-order valence-electron chi connectivity index (χ1n) is 3.77. The summed E-state index contributed by atoms with van der Waals surface area (Å²) in [6.45, 7) is 0. The standard InChI is InChI=1S/C8H8BrN3S/c9-6-4-11-8(12-6)7(10)5-2-1-3-13-5/h1-4,7H,10H2,(H,11,12). The van der Waals surface area contributed by atoms with Gasteiger partial charge in [0.05, 0.1) is 12.2 Å². The Balaban J connectivity index is 2.28. The molecule has 1 atom stereocenters. The van der Waals surface area contributed by atoms with E-state index < -0.39 is 0 Å². The maximum absolute atomic E-state index is 5.97. The van der Waals surface area contributed by atoms with E-state index in [1.807, 2.05) is 17.5 Å². The molecular weight excluding hydrogens is 250 g/mol. The van der Waals surface area contributed by atoms with Gasteiger partial charge < -0.3 is 10.7 Å². The van der Waals surface area contributed by atoms with Crippen molar-refractivity contribution in [2.75, 3.05) is 0 Å². The second kappa shape index (κ2) is 3.61. The van der Waals surface area contributed by atoms with Gasteiger partial charge in [0.1, 0.15) is 10.4 Å². The summed E-state index contributed by atoms with van der Waals surface area (Å²) in [7, 11) is 0. The summed E-state index contributed by atoms with van der Waals surface area (Å²) >= 11 is 4.93.